The summed E-state index contributed by atoms with van der Waals surface area (Å²) in [6.45, 7) is -0.0382. The SMILES string of the molecule is CSCC(O)(C(Nc1cccc2c(=O)n(C)ncc12)c1ccc2c(c1)OCO2)C(F)(F)F. The number of benzene rings is 2. The number of halogens is 3. The van der Waals surface area contributed by atoms with Crippen LogP contribution in [0.1, 0.15) is 11.6 Å². The first-order chi connectivity index (χ1) is 15.2. The van der Waals surface area contributed by atoms with Crippen LogP contribution in [0.4, 0.5) is 18.9 Å². The minimum Gasteiger partial charge on any atom is -0.454 e. The Kier molecular flexibility index (Phi) is 5.72. The molecule has 32 heavy (non-hydrogen) atoms. The van der Waals surface area contributed by atoms with Gasteiger partial charge in [0, 0.05) is 23.9 Å². The Hall–Kier alpha value is -2.92. The van der Waals surface area contributed by atoms with E-state index in [1.807, 2.05) is 0 Å². The van der Waals surface area contributed by atoms with Crippen molar-refractivity contribution in [3.05, 3.63) is 58.5 Å². The second-order valence-electron chi connectivity index (χ2n) is 7.39. The van der Waals surface area contributed by atoms with Gasteiger partial charge in [-0.15, -0.1) is 0 Å². The molecule has 0 saturated carbocycles. The number of aliphatic hydroxyl groups is 1. The first-order valence-corrected chi connectivity index (χ1v) is 10.9. The Labute approximate surface area is 185 Å². The van der Waals surface area contributed by atoms with Crippen LogP contribution in [-0.4, -0.2) is 45.5 Å². The quantitative estimate of drug-likeness (QED) is 0.574. The maximum atomic E-state index is 14.2. The highest BCUT2D eigenvalue weighted by molar-refractivity contribution is 7.98. The third-order valence-corrected chi connectivity index (χ3v) is 6.08. The lowest BCUT2D eigenvalue weighted by atomic mass is 9.88. The number of hydrogen-bond donors (Lipinski definition) is 2. The molecule has 2 heterocycles. The molecule has 4 rings (SSSR count). The number of rotatable bonds is 6. The lowest BCUT2D eigenvalue weighted by Gasteiger charge is -2.38. The fraction of sp³-hybridized carbons (Fsp3) is 0.333. The largest absolute Gasteiger partial charge is 0.454 e. The molecule has 2 atom stereocenters. The summed E-state index contributed by atoms with van der Waals surface area (Å²) in [5.74, 6) is 0.0788. The number of fused-ring (bicyclic) bond motifs is 2. The van der Waals surface area contributed by atoms with Crippen molar-refractivity contribution in [3.63, 3.8) is 0 Å². The van der Waals surface area contributed by atoms with E-state index < -0.39 is 23.6 Å². The standard InChI is InChI=1S/C21H20F3N3O4S/c1-27-19(28)13-4-3-5-15(14(13)9-25-27)26-18(20(29,10-32-2)21(22,23)24)12-6-7-16-17(8-12)31-11-30-16/h3-9,18,26,29H,10-11H2,1-2H3. The molecule has 0 saturated heterocycles. The highest BCUT2D eigenvalue weighted by Gasteiger charge is 2.59. The van der Waals surface area contributed by atoms with Gasteiger partial charge in [-0.05, 0) is 36.1 Å². The Bertz CT molecular complexity index is 1220. The van der Waals surface area contributed by atoms with Crippen LogP contribution < -0.4 is 20.3 Å². The molecular weight excluding hydrogens is 447 g/mol. The molecular formula is C21H20F3N3O4S. The van der Waals surface area contributed by atoms with E-state index in [0.717, 1.165) is 16.4 Å². The predicted molar refractivity (Wildman–Crippen MR) is 115 cm³/mol. The van der Waals surface area contributed by atoms with Crippen molar-refractivity contribution in [2.45, 2.75) is 17.8 Å². The van der Waals surface area contributed by atoms with Crippen LogP contribution in [0.25, 0.3) is 10.8 Å². The summed E-state index contributed by atoms with van der Waals surface area (Å²) in [5, 5.41) is 18.4. The Balaban J connectivity index is 1.88. The van der Waals surface area contributed by atoms with Gasteiger partial charge in [-0.3, -0.25) is 4.79 Å². The fourth-order valence-electron chi connectivity index (χ4n) is 3.66. The van der Waals surface area contributed by atoms with Crippen LogP contribution in [0.3, 0.4) is 0 Å². The first kappa shape index (κ1) is 22.3. The van der Waals surface area contributed by atoms with Crippen LogP contribution in [0, 0.1) is 0 Å². The van der Waals surface area contributed by atoms with Gasteiger partial charge in [0.25, 0.3) is 5.56 Å². The van der Waals surface area contributed by atoms with E-state index >= 15 is 0 Å². The molecule has 0 fully saturated rings. The summed E-state index contributed by atoms with van der Waals surface area (Å²) < 4.78 is 54.4. The van der Waals surface area contributed by atoms with Gasteiger partial charge in [0.2, 0.25) is 6.79 Å². The second kappa shape index (κ2) is 8.21. The molecule has 170 valence electrons. The molecule has 1 aliphatic heterocycles. The fourth-order valence-corrected chi connectivity index (χ4v) is 4.43. The maximum absolute atomic E-state index is 14.2. The number of anilines is 1. The minimum absolute atomic E-state index is 0.0382. The normalized spacial score (nSPS) is 16.1. The van der Waals surface area contributed by atoms with Crippen molar-refractivity contribution < 1.29 is 27.8 Å². The van der Waals surface area contributed by atoms with E-state index in [1.54, 1.807) is 18.2 Å². The molecule has 2 unspecified atom stereocenters. The zero-order chi connectivity index (χ0) is 23.1. The molecule has 3 aromatic rings. The van der Waals surface area contributed by atoms with Crippen LogP contribution in [-0.2, 0) is 7.05 Å². The van der Waals surface area contributed by atoms with E-state index in [4.69, 9.17) is 9.47 Å². The summed E-state index contributed by atoms with van der Waals surface area (Å²) in [6.07, 6.45) is -2.07. The summed E-state index contributed by atoms with van der Waals surface area (Å²) >= 11 is 0.871. The monoisotopic (exact) mass is 467 g/mol. The highest BCUT2D eigenvalue weighted by atomic mass is 32.2. The number of aromatic nitrogens is 2. The van der Waals surface area contributed by atoms with E-state index in [0.29, 0.717) is 11.1 Å². The highest BCUT2D eigenvalue weighted by Crippen LogP contribution is 2.46. The molecule has 0 radical (unpaired) electrons. The summed E-state index contributed by atoms with van der Waals surface area (Å²) in [4.78, 5) is 12.4. The van der Waals surface area contributed by atoms with Crippen molar-refractivity contribution in [3.8, 4) is 11.5 Å². The molecule has 2 N–H and O–H groups in total. The number of nitrogens with zero attached hydrogens (tertiary/aromatic N) is 2. The summed E-state index contributed by atoms with van der Waals surface area (Å²) in [5.41, 5.74) is -3.13. The average molecular weight is 467 g/mol. The first-order valence-electron chi connectivity index (χ1n) is 9.55. The van der Waals surface area contributed by atoms with E-state index in [-0.39, 0.29) is 34.7 Å². The molecule has 0 aliphatic carbocycles. The van der Waals surface area contributed by atoms with E-state index in [1.165, 1.54) is 37.7 Å². The van der Waals surface area contributed by atoms with Gasteiger partial charge < -0.3 is 19.9 Å². The van der Waals surface area contributed by atoms with Gasteiger partial charge in [-0.1, -0.05) is 12.1 Å². The van der Waals surface area contributed by atoms with Crippen LogP contribution in [0.5, 0.6) is 11.5 Å². The van der Waals surface area contributed by atoms with Gasteiger partial charge in [0.15, 0.2) is 17.1 Å². The maximum Gasteiger partial charge on any atom is 0.420 e. The lowest BCUT2D eigenvalue weighted by molar-refractivity contribution is -0.256. The molecule has 1 aromatic heterocycles. The zero-order valence-electron chi connectivity index (χ0n) is 17.1. The zero-order valence-corrected chi connectivity index (χ0v) is 18.0. The predicted octanol–water partition coefficient (Wildman–Crippen LogP) is 3.47. The summed E-state index contributed by atoms with van der Waals surface area (Å²) in [7, 11) is 1.48. The van der Waals surface area contributed by atoms with Crippen LogP contribution in [0.2, 0.25) is 0 Å². The molecule has 0 bridgehead atoms. The third-order valence-electron chi connectivity index (χ3n) is 5.35. The number of ether oxygens (including phenoxy) is 2. The number of alkyl halides is 3. The Morgan fingerprint density at radius 1 is 1.22 bits per heavy atom. The molecule has 2 aromatic carbocycles. The third kappa shape index (κ3) is 3.75. The average Bonchev–Trinajstić information content (AvgIpc) is 3.22. The van der Waals surface area contributed by atoms with Crippen molar-refractivity contribution in [2.24, 2.45) is 7.05 Å². The second-order valence-corrected chi connectivity index (χ2v) is 8.25. The van der Waals surface area contributed by atoms with Gasteiger partial charge in [0.1, 0.15) is 0 Å². The molecule has 0 amide bonds. The number of nitrogens with one attached hydrogen (secondary N) is 1. The van der Waals surface area contributed by atoms with Gasteiger partial charge in [-0.2, -0.15) is 30.0 Å². The minimum atomic E-state index is -4.96. The number of thioether (sulfide) groups is 1. The van der Waals surface area contributed by atoms with Crippen molar-refractivity contribution in [1.29, 1.82) is 0 Å². The van der Waals surface area contributed by atoms with Crippen LogP contribution >= 0.6 is 11.8 Å². The van der Waals surface area contributed by atoms with E-state index in [9.17, 15) is 23.1 Å². The van der Waals surface area contributed by atoms with Gasteiger partial charge in [0.05, 0.1) is 17.6 Å². The van der Waals surface area contributed by atoms with Crippen LogP contribution in [0.15, 0.2) is 47.4 Å². The number of aryl methyl sites for hydroxylation is 1. The van der Waals surface area contributed by atoms with Crippen molar-refractivity contribution in [1.82, 2.24) is 9.78 Å². The van der Waals surface area contributed by atoms with Gasteiger partial charge in [-0.25, -0.2) is 4.68 Å². The Morgan fingerprint density at radius 3 is 2.69 bits per heavy atom. The molecule has 0 spiro atoms. The summed E-state index contributed by atoms with van der Waals surface area (Å²) in [6, 6.07) is 7.42. The topological polar surface area (TPSA) is 85.6 Å². The van der Waals surface area contributed by atoms with E-state index in [2.05, 4.69) is 10.4 Å². The lowest BCUT2D eigenvalue weighted by Crippen LogP contribution is -2.54. The van der Waals surface area contributed by atoms with Gasteiger partial charge >= 0.3 is 6.18 Å². The molecule has 11 heteroatoms. The Morgan fingerprint density at radius 2 is 1.97 bits per heavy atom. The smallest absolute Gasteiger partial charge is 0.420 e. The molecule has 7 nitrogen and oxygen atoms in total. The van der Waals surface area contributed by atoms with Crippen molar-refractivity contribution in [2.75, 3.05) is 24.1 Å². The van der Waals surface area contributed by atoms with Crippen molar-refractivity contribution >= 4 is 28.2 Å². The molecule has 1 aliphatic rings. The number of hydrogen-bond acceptors (Lipinski definition) is 7.